The van der Waals surface area contributed by atoms with Crippen LogP contribution < -0.4 is 4.90 Å². The predicted molar refractivity (Wildman–Crippen MR) is 75.2 cm³/mol. The highest BCUT2D eigenvalue weighted by Crippen LogP contribution is 2.43. The van der Waals surface area contributed by atoms with E-state index in [9.17, 15) is 27.1 Å². The van der Waals surface area contributed by atoms with Gasteiger partial charge in [0.25, 0.3) is 0 Å². The van der Waals surface area contributed by atoms with Crippen LogP contribution in [0.3, 0.4) is 0 Å². The SMILES string of the molecule is CCN(CC)c1ccc(C(C)(O)CC(F)(F)C(F)(F)F)cc1. The maximum atomic E-state index is 13.1. The van der Waals surface area contributed by atoms with E-state index in [1.54, 1.807) is 12.1 Å². The molecule has 1 rings (SSSR count). The van der Waals surface area contributed by atoms with Gasteiger partial charge in [-0.2, -0.15) is 22.0 Å². The van der Waals surface area contributed by atoms with Crippen molar-refractivity contribution in [3.8, 4) is 0 Å². The minimum Gasteiger partial charge on any atom is -0.385 e. The third kappa shape index (κ3) is 4.09. The molecule has 1 aromatic carbocycles. The number of rotatable bonds is 6. The van der Waals surface area contributed by atoms with E-state index >= 15 is 0 Å². The second-order valence-electron chi connectivity index (χ2n) is 5.37. The molecule has 0 heterocycles. The fourth-order valence-corrected chi connectivity index (χ4v) is 2.25. The van der Waals surface area contributed by atoms with Gasteiger partial charge in [-0.1, -0.05) is 12.1 Å². The van der Waals surface area contributed by atoms with E-state index in [4.69, 9.17) is 0 Å². The number of halogens is 5. The van der Waals surface area contributed by atoms with Crippen LogP contribution in [0.2, 0.25) is 0 Å². The van der Waals surface area contributed by atoms with Gasteiger partial charge < -0.3 is 10.0 Å². The summed E-state index contributed by atoms with van der Waals surface area (Å²) in [5, 5.41) is 10.0. The van der Waals surface area contributed by atoms with Crippen LogP contribution in [-0.4, -0.2) is 30.3 Å². The van der Waals surface area contributed by atoms with Crippen LogP contribution in [0.4, 0.5) is 27.6 Å². The second kappa shape index (κ2) is 6.40. The first-order valence-corrected chi connectivity index (χ1v) is 6.97. The van der Waals surface area contributed by atoms with E-state index in [0.717, 1.165) is 25.7 Å². The van der Waals surface area contributed by atoms with Crippen molar-refractivity contribution in [3.63, 3.8) is 0 Å². The molecular formula is C15H20F5NO. The predicted octanol–water partition coefficient (Wildman–Crippen LogP) is 4.33. The highest BCUT2D eigenvalue weighted by atomic mass is 19.4. The Kier molecular flexibility index (Phi) is 5.43. The fourth-order valence-electron chi connectivity index (χ4n) is 2.25. The summed E-state index contributed by atoms with van der Waals surface area (Å²) >= 11 is 0. The number of benzene rings is 1. The zero-order valence-electron chi connectivity index (χ0n) is 12.7. The molecule has 0 saturated heterocycles. The molecule has 1 aromatic rings. The summed E-state index contributed by atoms with van der Waals surface area (Å²) in [5.41, 5.74) is -1.44. The standard InChI is InChI=1S/C15H20F5NO/c1-4-21(5-2)12-8-6-11(7-9-12)13(3,22)10-14(16,17)15(18,19)20/h6-9,22H,4-5,10H2,1-3H3. The maximum Gasteiger partial charge on any atom is 0.453 e. The lowest BCUT2D eigenvalue weighted by atomic mass is 9.89. The molecule has 1 N–H and O–H groups in total. The van der Waals surface area contributed by atoms with Gasteiger partial charge in [0, 0.05) is 18.8 Å². The summed E-state index contributed by atoms with van der Waals surface area (Å²) in [6, 6.07) is 5.95. The molecule has 0 radical (unpaired) electrons. The second-order valence-corrected chi connectivity index (χ2v) is 5.37. The number of alkyl halides is 5. The molecule has 7 heteroatoms. The number of hydrogen-bond acceptors (Lipinski definition) is 2. The molecule has 0 aliphatic rings. The molecule has 2 nitrogen and oxygen atoms in total. The van der Waals surface area contributed by atoms with Crippen LogP contribution >= 0.6 is 0 Å². The summed E-state index contributed by atoms with van der Waals surface area (Å²) in [4.78, 5) is 1.99. The van der Waals surface area contributed by atoms with E-state index in [2.05, 4.69) is 0 Å². The number of aliphatic hydroxyl groups is 1. The van der Waals surface area contributed by atoms with Crippen molar-refractivity contribution in [1.82, 2.24) is 0 Å². The molecule has 0 aromatic heterocycles. The molecule has 0 spiro atoms. The van der Waals surface area contributed by atoms with Gasteiger partial charge in [0.15, 0.2) is 0 Å². The van der Waals surface area contributed by atoms with E-state index in [0.29, 0.717) is 0 Å². The minimum atomic E-state index is -5.68. The average molecular weight is 325 g/mol. The van der Waals surface area contributed by atoms with Crippen LogP contribution in [0.15, 0.2) is 24.3 Å². The summed E-state index contributed by atoms with van der Waals surface area (Å²) in [6.07, 6.45) is -7.40. The molecule has 0 aliphatic heterocycles. The van der Waals surface area contributed by atoms with Gasteiger partial charge in [-0.3, -0.25) is 0 Å². The largest absolute Gasteiger partial charge is 0.453 e. The third-order valence-electron chi connectivity index (χ3n) is 3.60. The fraction of sp³-hybridized carbons (Fsp3) is 0.600. The Morgan fingerprint density at radius 2 is 1.41 bits per heavy atom. The normalized spacial score (nSPS) is 15.5. The van der Waals surface area contributed by atoms with Crippen LogP contribution in [0, 0.1) is 0 Å². The molecule has 0 bridgehead atoms. The maximum absolute atomic E-state index is 13.1. The average Bonchev–Trinajstić information content (AvgIpc) is 2.38. The molecule has 1 unspecified atom stereocenters. The Bertz CT molecular complexity index is 478. The lowest BCUT2D eigenvalue weighted by Gasteiger charge is -2.30. The first-order valence-electron chi connectivity index (χ1n) is 6.97. The van der Waals surface area contributed by atoms with Gasteiger partial charge in [-0.15, -0.1) is 0 Å². The van der Waals surface area contributed by atoms with Crippen molar-refractivity contribution in [3.05, 3.63) is 29.8 Å². The summed E-state index contributed by atoms with van der Waals surface area (Å²) < 4.78 is 63.1. The van der Waals surface area contributed by atoms with Crippen LogP contribution in [-0.2, 0) is 5.60 Å². The van der Waals surface area contributed by atoms with Gasteiger partial charge in [-0.25, -0.2) is 0 Å². The number of hydrogen-bond donors (Lipinski definition) is 1. The van der Waals surface area contributed by atoms with E-state index in [-0.39, 0.29) is 5.56 Å². The first-order chi connectivity index (χ1) is 9.94. The van der Waals surface area contributed by atoms with Gasteiger partial charge >= 0.3 is 12.1 Å². The lowest BCUT2D eigenvalue weighted by molar-refractivity contribution is -0.296. The third-order valence-corrected chi connectivity index (χ3v) is 3.60. The van der Waals surface area contributed by atoms with E-state index in [1.165, 1.54) is 12.1 Å². The van der Waals surface area contributed by atoms with Crippen molar-refractivity contribution in [1.29, 1.82) is 0 Å². The molecular weight excluding hydrogens is 305 g/mol. The van der Waals surface area contributed by atoms with Gasteiger partial charge in [-0.05, 0) is 38.5 Å². The minimum absolute atomic E-state index is 0.0207. The number of nitrogens with zero attached hydrogens (tertiary/aromatic N) is 1. The van der Waals surface area contributed by atoms with E-state index < -0.39 is 24.1 Å². The van der Waals surface area contributed by atoms with Gasteiger partial charge in [0.05, 0.1) is 12.0 Å². The molecule has 22 heavy (non-hydrogen) atoms. The summed E-state index contributed by atoms with van der Waals surface area (Å²) in [6.45, 7) is 6.31. The quantitative estimate of drug-likeness (QED) is 0.787. The zero-order valence-corrected chi connectivity index (χ0v) is 12.7. The Hall–Kier alpha value is -1.37. The van der Waals surface area contributed by atoms with Crippen molar-refractivity contribution in [2.45, 2.75) is 44.9 Å². The monoisotopic (exact) mass is 325 g/mol. The van der Waals surface area contributed by atoms with Crippen LogP contribution in [0.5, 0.6) is 0 Å². The highest BCUT2D eigenvalue weighted by Gasteiger charge is 2.59. The van der Waals surface area contributed by atoms with Crippen molar-refractivity contribution in [2.24, 2.45) is 0 Å². The summed E-state index contributed by atoms with van der Waals surface area (Å²) in [5.74, 6) is -4.95. The van der Waals surface area contributed by atoms with Crippen LogP contribution in [0.1, 0.15) is 32.8 Å². The van der Waals surface area contributed by atoms with E-state index in [1.807, 2.05) is 18.7 Å². The molecule has 0 fully saturated rings. The van der Waals surface area contributed by atoms with Crippen LogP contribution in [0.25, 0.3) is 0 Å². The Balaban J connectivity index is 2.99. The van der Waals surface area contributed by atoms with Crippen molar-refractivity contribution in [2.75, 3.05) is 18.0 Å². The molecule has 1 atom stereocenters. The molecule has 126 valence electrons. The summed E-state index contributed by atoms with van der Waals surface area (Å²) in [7, 11) is 0. The van der Waals surface area contributed by atoms with Crippen molar-refractivity contribution >= 4 is 5.69 Å². The number of anilines is 1. The molecule has 0 amide bonds. The highest BCUT2D eigenvalue weighted by molar-refractivity contribution is 5.48. The lowest BCUT2D eigenvalue weighted by Crippen LogP contribution is -2.42. The van der Waals surface area contributed by atoms with Gasteiger partial charge in [0.2, 0.25) is 0 Å². The Morgan fingerprint density at radius 1 is 0.955 bits per heavy atom. The van der Waals surface area contributed by atoms with Gasteiger partial charge in [0.1, 0.15) is 0 Å². The zero-order chi connectivity index (χ0) is 17.2. The Morgan fingerprint density at radius 3 is 1.77 bits per heavy atom. The Labute approximate surface area is 126 Å². The first kappa shape index (κ1) is 18.7. The molecule has 0 saturated carbocycles. The van der Waals surface area contributed by atoms with Crippen molar-refractivity contribution < 1.29 is 27.1 Å². The molecule has 0 aliphatic carbocycles. The topological polar surface area (TPSA) is 23.5 Å². The smallest absolute Gasteiger partial charge is 0.385 e.